The molecule has 100 valence electrons. The van der Waals surface area contributed by atoms with Crippen LogP contribution in [0.4, 0.5) is 4.39 Å². The van der Waals surface area contributed by atoms with Gasteiger partial charge in [-0.1, -0.05) is 0 Å². The van der Waals surface area contributed by atoms with Crippen LogP contribution in [0.2, 0.25) is 0 Å². The molecular weight excluding hydrogens is 269 g/mol. The Kier molecular flexibility index (Phi) is 2.93. The van der Waals surface area contributed by atoms with E-state index in [1.54, 1.807) is 6.07 Å². The predicted molar refractivity (Wildman–Crippen MR) is 70.6 cm³/mol. The number of alkyl halides is 1. The Hall–Kier alpha value is -1.62. The lowest BCUT2D eigenvalue weighted by Crippen LogP contribution is -2.17. The van der Waals surface area contributed by atoms with E-state index in [0.29, 0.717) is 29.8 Å². The molecule has 0 bridgehead atoms. The first-order valence-electron chi connectivity index (χ1n) is 6.14. The molecule has 0 spiro atoms. The van der Waals surface area contributed by atoms with E-state index >= 15 is 0 Å². The summed E-state index contributed by atoms with van der Waals surface area (Å²) in [6.45, 7) is 2.34. The summed E-state index contributed by atoms with van der Waals surface area (Å²) in [4.78, 5) is 15.8. The van der Waals surface area contributed by atoms with Gasteiger partial charge in [0, 0.05) is 13.0 Å². The second kappa shape index (κ2) is 4.49. The molecule has 0 saturated carbocycles. The zero-order valence-corrected chi connectivity index (χ0v) is 11.1. The molecule has 1 aliphatic heterocycles. The third kappa shape index (κ3) is 2.08. The van der Waals surface area contributed by atoms with E-state index < -0.39 is 0 Å². The SMILES string of the molecule is CC(Cl)c1nc2ccc(F)cc2n1C1CNC(=O)C1. The minimum Gasteiger partial charge on any atom is -0.354 e. The van der Waals surface area contributed by atoms with Crippen molar-refractivity contribution in [2.75, 3.05) is 6.54 Å². The van der Waals surface area contributed by atoms with Crippen LogP contribution >= 0.6 is 11.6 Å². The van der Waals surface area contributed by atoms with Gasteiger partial charge in [-0.05, 0) is 25.1 Å². The summed E-state index contributed by atoms with van der Waals surface area (Å²) in [5.41, 5.74) is 1.38. The van der Waals surface area contributed by atoms with Gasteiger partial charge in [0.2, 0.25) is 5.91 Å². The van der Waals surface area contributed by atoms with Gasteiger partial charge in [0.25, 0.3) is 0 Å². The van der Waals surface area contributed by atoms with Crippen molar-refractivity contribution in [1.29, 1.82) is 0 Å². The Bertz CT molecular complexity index is 653. The topological polar surface area (TPSA) is 46.9 Å². The number of aromatic nitrogens is 2. The maximum atomic E-state index is 13.4. The van der Waals surface area contributed by atoms with Crippen molar-refractivity contribution < 1.29 is 9.18 Å². The fourth-order valence-electron chi connectivity index (χ4n) is 2.52. The molecule has 2 heterocycles. The van der Waals surface area contributed by atoms with Crippen LogP contribution in [-0.2, 0) is 4.79 Å². The van der Waals surface area contributed by atoms with Crippen molar-refractivity contribution in [1.82, 2.24) is 14.9 Å². The van der Waals surface area contributed by atoms with Gasteiger partial charge in [-0.3, -0.25) is 4.79 Å². The van der Waals surface area contributed by atoms with Crippen LogP contribution in [0.15, 0.2) is 18.2 Å². The second-order valence-electron chi connectivity index (χ2n) is 4.75. The minimum atomic E-state index is -0.320. The Morgan fingerprint density at radius 3 is 3.00 bits per heavy atom. The van der Waals surface area contributed by atoms with E-state index in [2.05, 4.69) is 10.3 Å². The summed E-state index contributed by atoms with van der Waals surface area (Å²) < 4.78 is 15.3. The molecule has 1 fully saturated rings. The lowest BCUT2D eigenvalue weighted by molar-refractivity contribution is -0.119. The summed E-state index contributed by atoms with van der Waals surface area (Å²) in [5, 5.41) is 2.48. The molecule has 1 amide bonds. The lowest BCUT2D eigenvalue weighted by Gasteiger charge is -2.16. The van der Waals surface area contributed by atoms with Crippen LogP contribution in [0.3, 0.4) is 0 Å². The van der Waals surface area contributed by atoms with Gasteiger partial charge in [-0.15, -0.1) is 11.6 Å². The number of nitrogens with one attached hydrogen (secondary N) is 1. The highest BCUT2D eigenvalue weighted by Crippen LogP contribution is 2.30. The number of imidazole rings is 1. The highest BCUT2D eigenvalue weighted by atomic mass is 35.5. The van der Waals surface area contributed by atoms with E-state index in [0.717, 1.165) is 0 Å². The molecule has 1 aliphatic rings. The molecule has 1 N–H and O–H groups in total. The fourth-order valence-corrected chi connectivity index (χ4v) is 2.68. The zero-order chi connectivity index (χ0) is 13.6. The highest BCUT2D eigenvalue weighted by molar-refractivity contribution is 6.20. The molecule has 1 saturated heterocycles. The number of carbonyl (C=O) groups is 1. The number of rotatable bonds is 2. The molecule has 2 unspecified atom stereocenters. The number of fused-ring (bicyclic) bond motifs is 1. The van der Waals surface area contributed by atoms with Crippen molar-refractivity contribution in [3.63, 3.8) is 0 Å². The molecule has 19 heavy (non-hydrogen) atoms. The van der Waals surface area contributed by atoms with Gasteiger partial charge < -0.3 is 9.88 Å². The summed E-state index contributed by atoms with van der Waals surface area (Å²) in [7, 11) is 0. The number of amides is 1. The quantitative estimate of drug-likeness (QED) is 0.860. The number of hydrogen-bond donors (Lipinski definition) is 1. The van der Waals surface area contributed by atoms with Crippen molar-refractivity contribution in [3.8, 4) is 0 Å². The Labute approximate surface area is 114 Å². The molecule has 6 heteroatoms. The highest BCUT2D eigenvalue weighted by Gasteiger charge is 2.28. The van der Waals surface area contributed by atoms with Crippen molar-refractivity contribution >= 4 is 28.5 Å². The largest absolute Gasteiger partial charge is 0.354 e. The molecule has 4 nitrogen and oxygen atoms in total. The summed E-state index contributed by atoms with van der Waals surface area (Å²) in [6.07, 6.45) is 0.374. The molecule has 0 radical (unpaired) electrons. The van der Waals surface area contributed by atoms with Crippen LogP contribution in [0.5, 0.6) is 0 Å². The fraction of sp³-hybridized carbons (Fsp3) is 0.385. The third-order valence-corrected chi connectivity index (χ3v) is 3.55. The van der Waals surface area contributed by atoms with E-state index in [1.165, 1.54) is 12.1 Å². The smallest absolute Gasteiger partial charge is 0.222 e. The summed E-state index contributed by atoms with van der Waals surface area (Å²) in [5.74, 6) is 0.347. The minimum absolute atomic E-state index is 0.00331. The molecule has 3 rings (SSSR count). The Morgan fingerprint density at radius 2 is 2.37 bits per heavy atom. The monoisotopic (exact) mass is 281 g/mol. The van der Waals surface area contributed by atoms with Gasteiger partial charge in [-0.25, -0.2) is 9.37 Å². The van der Waals surface area contributed by atoms with Crippen molar-refractivity contribution in [3.05, 3.63) is 29.8 Å². The molecule has 0 aliphatic carbocycles. The first-order valence-corrected chi connectivity index (χ1v) is 6.58. The normalized spacial score (nSPS) is 20.8. The van der Waals surface area contributed by atoms with Crippen molar-refractivity contribution in [2.24, 2.45) is 0 Å². The first-order chi connectivity index (χ1) is 9.06. The van der Waals surface area contributed by atoms with Crippen molar-refractivity contribution in [2.45, 2.75) is 24.8 Å². The maximum Gasteiger partial charge on any atom is 0.222 e. The van der Waals surface area contributed by atoms with Crippen LogP contribution in [0.1, 0.15) is 30.6 Å². The summed E-state index contributed by atoms with van der Waals surface area (Å²) in [6, 6.07) is 4.39. The maximum absolute atomic E-state index is 13.4. The molecular formula is C13H13ClFN3O. The molecule has 1 aromatic heterocycles. The molecule has 2 atom stereocenters. The van der Waals surface area contributed by atoms with Gasteiger partial charge >= 0.3 is 0 Å². The number of nitrogens with zero attached hydrogens (tertiary/aromatic N) is 2. The number of hydrogen-bond acceptors (Lipinski definition) is 2. The Morgan fingerprint density at radius 1 is 1.58 bits per heavy atom. The Balaban J connectivity index is 2.21. The average Bonchev–Trinajstić information content (AvgIpc) is 2.92. The van der Waals surface area contributed by atoms with E-state index in [9.17, 15) is 9.18 Å². The zero-order valence-electron chi connectivity index (χ0n) is 10.4. The first kappa shape index (κ1) is 12.4. The van der Waals surface area contributed by atoms with Gasteiger partial charge in [0.05, 0.1) is 22.5 Å². The molecule has 1 aromatic carbocycles. The van der Waals surface area contributed by atoms with Gasteiger partial charge in [-0.2, -0.15) is 0 Å². The second-order valence-corrected chi connectivity index (χ2v) is 5.41. The predicted octanol–water partition coefficient (Wildman–Crippen LogP) is 2.54. The van der Waals surface area contributed by atoms with E-state index in [4.69, 9.17) is 11.6 Å². The number of halogens is 2. The van der Waals surface area contributed by atoms with E-state index in [1.807, 2.05) is 11.5 Å². The number of carbonyl (C=O) groups excluding carboxylic acids is 1. The van der Waals surface area contributed by atoms with E-state index in [-0.39, 0.29) is 23.1 Å². The summed E-state index contributed by atoms with van der Waals surface area (Å²) >= 11 is 6.15. The third-order valence-electron chi connectivity index (χ3n) is 3.36. The van der Waals surface area contributed by atoms with Crippen LogP contribution in [-0.4, -0.2) is 22.0 Å². The van der Waals surface area contributed by atoms with Crippen LogP contribution in [0.25, 0.3) is 11.0 Å². The standard InChI is InChI=1S/C13H13ClFN3O/c1-7(14)13-17-10-3-2-8(15)4-11(10)18(13)9-5-12(19)16-6-9/h2-4,7,9H,5-6H2,1H3,(H,16,19). The van der Waals surface area contributed by atoms with Gasteiger partial charge in [0.15, 0.2) is 0 Å². The molecule has 2 aromatic rings. The average molecular weight is 282 g/mol. The lowest BCUT2D eigenvalue weighted by atomic mass is 10.2. The van der Waals surface area contributed by atoms with Crippen LogP contribution < -0.4 is 5.32 Å². The number of benzene rings is 1. The van der Waals surface area contributed by atoms with Gasteiger partial charge in [0.1, 0.15) is 11.6 Å². The van der Waals surface area contributed by atoms with Crippen LogP contribution in [0, 0.1) is 5.82 Å².